The van der Waals surface area contributed by atoms with Gasteiger partial charge in [-0.2, -0.15) is 0 Å². The molecule has 0 fully saturated rings. The first kappa shape index (κ1) is 21.9. The summed E-state index contributed by atoms with van der Waals surface area (Å²) in [6, 6.07) is 8.03. The smallest absolute Gasteiger partial charge is 0.243 e. The monoisotopic (exact) mass is 386 g/mol. The van der Waals surface area contributed by atoms with E-state index in [0.29, 0.717) is 12.4 Å². The second-order valence-corrected chi connectivity index (χ2v) is 7.82. The lowest BCUT2D eigenvalue weighted by Gasteiger charge is -2.31. The Balaban J connectivity index is 2.30. The van der Waals surface area contributed by atoms with E-state index in [9.17, 15) is 9.59 Å². The minimum Gasteiger partial charge on any atom is -0.349 e. The molecule has 0 aliphatic carbocycles. The number of benzene rings is 1. The first-order valence-electron chi connectivity index (χ1n) is 10.3. The summed E-state index contributed by atoms with van der Waals surface area (Å²) in [7, 11) is 0. The maximum absolute atomic E-state index is 13.0. The number of fused-ring (bicyclic) bond motifs is 1. The Morgan fingerprint density at radius 3 is 2.25 bits per heavy atom. The number of hydrogen-bond acceptors (Lipinski definition) is 3. The summed E-state index contributed by atoms with van der Waals surface area (Å²) in [5.74, 6) is 0.819. The van der Waals surface area contributed by atoms with Crippen molar-refractivity contribution in [2.75, 3.05) is 0 Å². The summed E-state index contributed by atoms with van der Waals surface area (Å²) in [5, 5.41) is 3.00. The predicted molar refractivity (Wildman–Crippen MR) is 113 cm³/mol. The zero-order chi connectivity index (χ0) is 20.8. The molecule has 0 bridgehead atoms. The van der Waals surface area contributed by atoms with Crippen molar-refractivity contribution in [3.63, 3.8) is 0 Å². The van der Waals surface area contributed by atoms with Crippen LogP contribution in [0.15, 0.2) is 24.3 Å². The second kappa shape index (κ2) is 9.71. The standard InChI is InChI=1S/C22H34N4O2/c1-7-17(8-2)22(28)23-13-20-24-18-11-9-10-12-19(18)25(20)14-21(27)26(15(3)4)16(5)6/h9-12,15-17H,7-8,13-14H2,1-6H3,(H,23,28). The normalized spacial score (nSPS) is 11.6. The maximum atomic E-state index is 13.0. The van der Waals surface area contributed by atoms with E-state index in [1.54, 1.807) is 0 Å². The highest BCUT2D eigenvalue weighted by atomic mass is 16.2. The number of carbonyl (C=O) groups excluding carboxylic acids is 2. The number of hydrogen-bond donors (Lipinski definition) is 1. The summed E-state index contributed by atoms with van der Waals surface area (Å²) in [4.78, 5) is 32.0. The van der Waals surface area contributed by atoms with E-state index < -0.39 is 0 Å². The van der Waals surface area contributed by atoms with Crippen LogP contribution in [0.1, 0.15) is 60.2 Å². The number of aromatic nitrogens is 2. The van der Waals surface area contributed by atoms with Crippen molar-refractivity contribution in [1.29, 1.82) is 0 Å². The third-order valence-corrected chi connectivity index (χ3v) is 5.20. The largest absolute Gasteiger partial charge is 0.349 e. The van der Waals surface area contributed by atoms with Gasteiger partial charge in [-0.1, -0.05) is 26.0 Å². The topological polar surface area (TPSA) is 67.2 Å². The molecule has 1 aromatic heterocycles. The van der Waals surface area contributed by atoms with Crippen LogP contribution in [0.5, 0.6) is 0 Å². The molecule has 1 N–H and O–H groups in total. The molecule has 0 radical (unpaired) electrons. The number of amides is 2. The molecular formula is C22H34N4O2. The lowest BCUT2D eigenvalue weighted by molar-refractivity contribution is -0.135. The van der Waals surface area contributed by atoms with E-state index in [4.69, 9.17) is 0 Å². The molecule has 0 unspecified atom stereocenters. The van der Waals surface area contributed by atoms with Crippen LogP contribution in [-0.4, -0.2) is 38.3 Å². The Kier molecular flexibility index (Phi) is 7.61. The van der Waals surface area contributed by atoms with Crippen molar-refractivity contribution < 1.29 is 9.59 Å². The molecule has 0 aliphatic heterocycles. The van der Waals surface area contributed by atoms with Crippen LogP contribution in [0, 0.1) is 5.92 Å². The molecule has 154 valence electrons. The number of rotatable bonds is 9. The van der Waals surface area contributed by atoms with Gasteiger partial charge in [0.2, 0.25) is 11.8 Å². The molecule has 2 amide bonds. The van der Waals surface area contributed by atoms with E-state index in [1.165, 1.54) is 0 Å². The lowest BCUT2D eigenvalue weighted by Crippen LogP contribution is -2.44. The van der Waals surface area contributed by atoms with Gasteiger partial charge in [0.05, 0.1) is 17.6 Å². The van der Waals surface area contributed by atoms with Crippen molar-refractivity contribution >= 4 is 22.8 Å². The van der Waals surface area contributed by atoms with Crippen LogP contribution in [0.3, 0.4) is 0 Å². The summed E-state index contributed by atoms with van der Waals surface area (Å²) < 4.78 is 1.93. The molecule has 2 rings (SSSR count). The van der Waals surface area contributed by atoms with Gasteiger partial charge in [0.25, 0.3) is 0 Å². The Labute approximate surface area is 168 Å². The summed E-state index contributed by atoms with van der Waals surface area (Å²) >= 11 is 0. The van der Waals surface area contributed by atoms with Crippen molar-refractivity contribution in [2.24, 2.45) is 5.92 Å². The van der Waals surface area contributed by atoms with Gasteiger partial charge in [-0.05, 0) is 52.7 Å². The Hall–Kier alpha value is -2.37. The minimum absolute atomic E-state index is 0.0110. The van der Waals surface area contributed by atoms with Crippen LogP contribution in [-0.2, 0) is 22.7 Å². The van der Waals surface area contributed by atoms with Gasteiger partial charge in [-0.15, -0.1) is 0 Å². The highest BCUT2D eigenvalue weighted by molar-refractivity contribution is 5.82. The van der Waals surface area contributed by atoms with Gasteiger partial charge in [0.1, 0.15) is 12.4 Å². The number of imidazole rings is 1. The van der Waals surface area contributed by atoms with E-state index in [-0.39, 0.29) is 36.4 Å². The average Bonchev–Trinajstić information content (AvgIpc) is 2.98. The fraction of sp³-hybridized carbons (Fsp3) is 0.591. The number of nitrogens with one attached hydrogen (secondary N) is 1. The summed E-state index contributed by atoms with van der Waals surface area (Å²) in [6.07, 6.45) is 1.63. The molecule has 6 nitrogen and oxygen atoms in total. The number of para-hydroxylation sites is 2. The number of nitrogens with zero attached hydrogens (tertiary/aromatic N) is 3. The Bertz CT molecular complexity index is 798. The predicted octanol–water partition coefficient (Wildman–Crippen LogP) is 3.73. The first-order valence-corrected chi connectivity index (χ1v) is 10.3. The average molecular weight is 387 g/mol. The second-order valence-electron chi connectivity index (χ2n) is 7.82. The molecule has 0 saturated heterocycles. The highest BCUT2D eigenvalue weighted by Crippen LogP contribution is 2.18. The zero-order valence-electron chi connectivity index (χ0n) is 18.0. The quantitative estimate of drug-likeness (QED) is 0.714. The van der Waals surface area contributed by atoms with Crippen molar-refractivity contribution in [3.8, 4) is 0 Å². The maximum Gasteiger partial charge on any atom is 0.243 e. The zero-order valence-corrected chi connectivity index (χ0v) is 18.0. The van der Waals surface area contributed by atoms with E-state index in [1.807, 2.05) is 75.3 Å². The van der Waals surface area contributed by atoms with Crippen LogP contribution in [0.2, 0.25) is 0 Å². The Morgan fingerprint density at radius 1 is 1.07 bits per heavy atom. The summed E-state index contributed by atoms with van der Waals surface area (Å²) in [5.41, 5.74) is 1.75. The SMILES string of the molecule is CCC(CC)C(=O)NCc1nc2ccccc2n1CC(=O)N(C(C)C)C(C)C. The fourth-order valence-electron chi connectivity index (χ4n) is 3.80. The van der Waals surface area contributed by atoms with Crippen LogP contribution >= 0.6 is 0 Å². The van der Waals surface area contributed by atoms with E-state index in [0.717, 1.165) is 23.9 Å². The molecule has 0 atom stereocenters. The van der Waals surface area contributed by atoms with Gasteiger partial charge < -0.3 is 14.8 Å². The fourth-order valence-corrected chi connectivity index (χ4v) is 3.80. The third-order valence-electron chi connectivity index (χ3n) is 5.20. The van der Waals surface area contributed by atoms with Crippen molar-refractivity contribution in [2.45, 2.75) is 79.6 Å². The minimum atomic E-state index is 0.0110. The van der Waals surface area contributed by atoms with Gasteiger partial charge >= 0.3 is 0 Å². The van der Waals surface area contributed by atoms with E-state index >= 15 is 0 Å². The molecular weight excluding hydrogens is 352 g/mol. The van der Waals surface area contributed by atoms with Gasteiger partial charge in [0.15, 0.2) is 0 Å². The van der Waals surface area contributed by atoms with Crippen LogP contribution in [0.25, 0.3) is 11.0 Å². The molecule has 0 aliphatic rings. The van der Waals surface area contributed by atoms with E-state index in [2.05, 4.69) is 10.3 Å². The highest BCUT2D eigenvalue weighted by Gasteiger charge is 2.23. The molecule has 28 heavy (non-hydrogen) atoms. The lowest BCUT2D eigenvalue weighted by atomic mass is 10.0. The van der Waals surface area contributed by atoms with Crippen molar-refractivity contribution in [3.05, 3.63) is 30.1 Å². The number of carbonyl (C=O) groups is 2. The van der Waals surface area contributed by atoms with Crippen LogP contribution < -0.4 is 5.32 Å². The molecule has 1 aromatic carbocycles. The van der Waals surface area contributed by atoms with Crippen LogP contribution in [0.4, 0.5) is 0 Å². The summed E-state index contributed by atoms with van der Waals surface area (Å²) in [6.45, 7) is 12.7. The Morgan fingerprint density at radius 2 is 1.68 bits per heavy atom. The molecule has 1 heterocycles. The molecule has 6 heteroatoms. The third kappa shape index (κ3) is 4.91. The first-order chi connectivity index (χ1) is 13.3. The van der Waals surface area contributed by atoms with Crippen molar-refractivity contribution in [1.82, 2.24) is 19.8 Å². The van der Waals surface area contributed by atoms with Gasteiger partial charge in [-0.3, -0.25) is 9.59 Å². The molecule has 0 saturated carbocycles. The molecule has 0 spiro atoms. The van der Waals surface area contributed by atoms with Gasteiger partial charge in [0, 0.05) is 18.0 Å². The molecule has 2 aromatic rings. The van der Waals surface area contributed by atoms with Gasteiger partial charge in [-0.25, -0.2) is 4.98 Å².